The van der Waals surface area contributed by atoms with Crippen molar-refractivity contribution >= 4 is 11.6 Å². The number of carbonyl (C=O) groups is 2. The van der Waals surface area contributed by atoms with Gasteiger partial charge in [-0.3, -0.25) is 19.6 Å². The van der Waals surface area contributed by atoms with Gasteiger partial charge in [-0.25, -0.2) is 9.97 Å². The number of Topliss-reactive ketones (excluding diaryl/α,β-unsaturated/α-hetero) is 2. The summed E-state index contributed by atoms with van der Waals surface area (Å²) in [6.07, 6.45) is 3.29. The second-order valence-corrected chi connectivity index (χ2v) is 5.90. The van der Waals surface area contributed by atoms with E-state index in [2.05, 4.69) is 19.9 Å². The van der Waals surface area contributed by atoms with E-state index >= 15 is 0 Å². The standard InChI is InChI=1S/C22H14N4O2/c27-21(19-11-5-9-17(25-19)15-7-1-3-13-23-15)22(28)20-12-6-10-18(26-20)16-8-2-4-14-24-16/h1-14H. The van der Waals surface area contributed by atoms with Gasteiger partial charge in [0, 0.05) is 12.4 Å². The van der Waals surface area contributed by atoms with E-state index in [1.807, 2.05) is 12.1 Å². The van der Waals surface area contributed by atoms with Crippen LogP contribution < -0.4 is 0 Å². The Morgan fingerprint density at radius 3 is 1.32 bits per heavy atom. The van der Waals surface area contributed by atoms with Crippen molar-refractivity contribution in [1.82, 2.24) is 19.9 Å². The van der Waals surface area contributed by atoms with Gasteiger partial charge >= 0.3 is 0 Å². The van der Waals surface area contributed by atoms with Crippen molar-refractivity contribution in [3.8, 4) is 22.8 Å². The van der Waals surface area contributed by atoms with Crippen molar-refractivity contribution in [2.24, 2.45) is 0 Å². The smallest absolute Gasteiger partial charge is 0.253 e. The molecule has 4 rings (SSSR count). The van der Waals surface area contributed by atoms with E-state index in [1.54, 1.807) is 60.9 Å². The molecule has 0 atom stereocenters. The van der Waals surface area contributed by atoms with E-state index in [1.165, 1.54) is 12.1 Å². The number of nitrogens with zero attached hydrogens (tertiary/aromatic N) is 4. The second-order valence-electron chi connectivity index (χ2n) is 5.90. The summed E-state index contributed by atoms with van der Waals surface area (Å²) in [4.78, 5) is 42.4. The molecule has 0 spiro atoms. The van der Waals surface area contributed by atoms with Crippen LogP contribution in [0.1, 0.15) is 21.0 Å². The molecule has 0 saturated carbocycles. The van der Waals surface area contributed by atoms with Gasteiger partial charge in [0.05, 0.1) is 22.8 Å². The van der Waals surface area contributed by atoms with Crippen LogP contribution in [0.3, 0.4) is 0 Å². The minimum Gasteiger partial charge on any atom is -0.283 e. The van der Waals surface area contributed by atoms with Crippen LogP contribution in [0.5, 0.6) is 0 Å². The van der Waals surface area contributed by atoms with Crippen molar-refractivity contribution < 1.29 is 9.59 Å². The zero-order valence-corrected chi connectivity index (χ0v) is 14.7. The summed E-state index contributed by atoms with van der Waals surface area (Å²) in [7, 11) is 0. The number of rotatable bonds is 5. The SMILES string of the molecule is O=C(C(=O)c1cccc(-c2ccccn2)n1)c1cccc(-c2ccccn2)n1. The number of hydrogen-bond acceptors (Lipinski definition) is 6. The highest BCUT2D eigenvalue weighted by atomic mass is 16.2. The highest BCUT2D eigenvalue weighted by molar-refractivity contribution is 6.48. The lowest BCUT2D eigenvalue weighted by atomic mass is 10.1. The van der Waals surface area contributed by atoms with Crippen molar-refractivity contribution in [1.29, 1.82) is 0 Å². The maximum atomic E-state index is 12.7. The Kier molecular flexibility index (Phi) is 4.76. The molecule has 4 aromatic rings. The molecule has 0 aliphatic carbocycles. The summed E-state index contributed by atoms with van der Waals surface area (Å²) in [5, 5.41) is 0. The monoisotopic (exact) mass is 366 g/mol. The number of pyridine rings is 4. The van der Waals surface area contributed by atoms with Gasteiger partial charge in [0.2, 0.25) is 0 Å². The quantitative estimate of drug-likeness (QED) is 0.396. The largest absolute Gasteiger partial charge is 0.283 e. The third kappa shape index (κ3) is 3.57. The van der Waals surface area contributed by atoms with Gasteiger partial charge in [0.1, 0.15) is 11.4 Å². The Morgan fingerprint density at radius 1 is 0.500 bits per heavy atom. The van der Waals surface area contributed by atoms with Crippen LogP contribution in [0.2, 0.25) is 0 Å². The van der Waals surface area contributed by atoms with E-state index in [9.17, 15) is 9.59 Å². The Morgan fingerprint density at radius 2 is 0.929 bits per heavy atom. The second kappa shape index (κ2) is 7.67. The predicted octanol–water partition coefficient (Wildman–Crippen LogP) is 3.67. The molecule has 4 heterocycles. The van der Waals surface area contributed by atoms with Gasteiger partial charge in [-0.1, -0.05) is 24.3 Å². The predicted molar refractivity (Wildman–Crippen MR) is 104 cm³/mol. The van der Waals surface area contributed by atoms with Gasteiger partial charge < -0.3 is 0 Å². The van der Waals surface area contributed by atoms with Crippen molar-refractivity contribution in [2.75, 3.05) is 0 Å². The first kappa shape index (κ1) is 17.4. The lowest BCUT2D eigenvalue weighted by Gasteiger charge is -2.05. The average Bonchev–Trinajstić information content (AvgIpc) is 2.79. The van der Waals surface area contributed by atoms with Crippen molar-refractivity contribution in [3.05, 3.63) is 96.6 Å². The Bertz CT molecular complexity index is 1050. The highest BCUT2D eigenvalue weighted by Crippen LogP contribution is 2.17. The Labute approximate surface area is 161 Å². The molecule has 0 amide bonds. The zero-order valence-electron chi connectivity index (χ0n) is 14.7. The molecule has 0 bridgehead atoms. The fourth-order valence-electron chi connectivity index (χ4n) is 2.67. The molecule has 6 nitrogen and oxygen atoms in total. The maximum absolute atomic E-state index is 12.7. The van der Waals surface area contributed by atoms with Crippen LogP contribution in [0.4, 0.5) is 0 Å². The van der Waals surface area contributed by atoms with Crippen LogP contribution in [0.25, 0.3) is 22.8 Å². The average molecular weight is 366 g/mol. The molecule has 134 valence electrons. The molecule has 0 aliphatic heterocycles. The molecular formula is C22H14N4O2. The molecule has 0 aliphatic rings. The minimum absolute atomic E-state index is 0.0539. The first-order chi connectivity index (χ1) is 13.7. The lowest BCUT2D eigenvalue weighted by molar-refractivity contribution is 0.0811. The van der Waals surface area contributed by atoms with Crippen LogP contribution >= 0.6 is 0 Å². The molecule has 0 fully saturated rings. The molecule has 28 heavy (non-hydrogen) atoms. The van der Waals surface area contributed by atoms with Crippen molar-refractivity contribution in [3.63, 3.8) is 0 Å². The van der Waals surface area contributed by atoms with Gasteiger partial charge in [-0.15, -0.1) is 0 Å². The number of aromatic nitrogens is 4. The molecule has 0 aromatic carbocycles. The van der Waals surface area contributed by atoms with E-state index < -0.39 is 11.6 Å². The molecule has 4 aromatic heterocycles. The van der Waals surface area contributed by atoms with Gasteiger partial charge in [-0.2, -0.15) is 0 Å². The summed E-state index contributed by atoms with van der Waals surface area (Å²) in [6.45, 7) is 0. The molecular weight excluding hydrogens is 352 g/mol. The first-order valence-corrected chi connectivity index (χ1v) is 8.58. The fraction of sp³-hybridized carbons (Fsp3) is 0. The normalized spacial score (nSPS) is 10.4. The third-order valence-corrected chi connectivity index (χ3v) is 4.02. The molecule has 0 saturated heterocycles. The van der Waals surface area contributed by atoms with Crippen LogP contribution in [-0.2, 0) is 0 Å². The van der Waals surface area contributed by atoms with Crippen LogP contribution in [0.15, 0.2) is 85.2 Å². The third-order valence-electron chi connectivity index (χ3n) is 4.02. The van der Waals surface area contributed by atoms with E-state index in [0.29, 0.717) is 22.8 Å². The summed E-state index contributed by atoms with van der Waals surface area (Å²) in [5.41, 5.74) is 2.40. The minimum atomic E-state index is -0.719. The number of carbonyl (C=O) groups excluding carboxylic acids is 2. The molecule has 6 heteroatoms. The summed E-state index contributed by atoms with van der Waals surface area (Å²) in [5.74, 6) is -1.44. The first-order valence-electron chi connectivity index (χ1n) is 8.58. The van der Waals surface area contributed by atoms with E-state index in [0.717, 1.165) is 0 Å². The van der Waals surface area contributed by atoms with Crippen molar-refractivity contribution in [2.45, 2.75) is 0 Å². The molecule has 0 radical (unpaired) electrons. The Balaban J connectivity index is 1.64. The number of ketones is 2. The summed E-state index contributed by atoms with van der Waals surface area (Å²) < 4.78 is 0. The Hall–Kier alpha value is -4.06. The summed E-state index contributed by atoms with van der Waals surface area (Å²) >= 11 is 0. The van der Waals surface area contributed by atoms with Gasteiger partial charge in [-0.05, 0) is 48.5 Å². The van der Waals surface area contributed by atoms with E-state index in [-0.39, 0.29) is 11.4 Å². The zero-order chi connectivity index (χ0) is 19.3. The topological polar surface area (TPSA) is 85.7 Å². The van der Waals surface area contributed by atoms with Gasteiger partial charge in [0.25, 0.3) is 11.6 Å². The summed E-state index contributed by atoms with van der Waals surface area (Å²) in [6, 6.07) is 20.7. The fourth-order valence-corrected chi connectivity index (χ4v) is 2.67. The molecule has 0 unspecified atom stereocenters. The van der Waals surface area contributed by atoms with Gasteiger partial charge in [0.15, 0.2) is 0 Å². The highest BCUT2D eigenvalue weighted by Gasteiger charge is 2.22. The molecule has 0 N–H and O–H groups in total. The number of hydrogen-bond donors (Lipinski definition) is 0. The lowest BCUT2D eigenvalue weighted by Crippen LogP contribution is -2.17. The maximum Gasteiger partial charge on any atom is 0.253 e. The van der Waals surface area contributed by atoms with E-state index in [4.69, 9.17) is 0 Å². The van der Waals surface area contributed by atoms with Crippen LogP contribution in [-0.4, -0.2) is 31.5 Å². The van der Waals surface area contributed by atoms with Crippen LogP contribution in [0, 0.1) is 0 Å².